The molecule has 0 bridgehead atoms. The lowest BCUT2D eigenvalue weighted by Gasteiger charge is -2.19. The average Bonchev–Trinajstić information content (AvgIpc) is 2.01. The first-order chi connectivity index (χ1) is 5.91. The van der Waals surface area contributed by atoms with E-state index >= 15 is 0 Å². The van der Waals surface area contributed by atoms with E-state index in [0.29, 0.717) is 0 Å². The number of hydrogen-bond acceptors (Lipinski definition) is 2. The summed E-state index contributed by atoms with van der Waals surface area (Å²) in [6, 6.07) is -1.75. The Hall–Kier alpha value is -0.780. The van der Waals surface area contributed by atoms with E-state index in [2.05, 4.69) is 10.6 Å². The highest BCUT2D eigenvalue weighted by Crippen LogP contribution is 2.22. The van der Waals surface area contributed by atoms with Gasteiger partial charge in [-0.2, -0.15) is 13.2 Å². The first-order valence-electron chi connectivity index (χ1n) is 3.92. The molecule has 78 valence electrons. The minimum absolute atomic E-state index is 0.182. The van der Waals surface area contributed by atoms with Crippen LogP contribution in [0.25, 0.3) is 0 Å². The van der Waals surface area contributed by atoms with Gasteiger partial charge < -0.3 is 10.6 Å². The summed E-state index contributed by atoms with van der Waals surface area (Å²) < 4.78 is 36.5. The van der Waals surface area contributed by atoms with E-state index in [1.54, 1.807) is 6.92 Å². The fourth-order valence-electron chi connectivity index (χ4n) is 0.837. The minimum Gasteiger partial charge on any atom is -0.359 e. The molecule has 0 aliphatic heterocycles. The third kappa shape index (κ3) is 4.72. The first-order valence-corrected chi connectivity index (χ1v) is 3.92. The molecule has 0 aromatic heterocycles. The van der Waals surface area contributed by atoms with Crippen molar-refractivity contribution in [2.24, 2.45) is 0 Å². The fraction of sp³-hybridized carbons (Fsp3) is 0.857. The molecule has 3 nitrogen and oxygen atoms in total. The molecule has 13 heavy (non-hydrogen) atoms. The van der Waals surface area contributed by atoms with Gasteiger partial charge in [-0.25, -0.2) is 0 Å². The number of rotatable bonds is 4. The van der Waals surface area contributed by atoms with Crippen molar-refractivity contribution in [1.82, 2.24) is 10.6 Å². The van der Waals surface area contributed by atoms with Crippen LogP contribution in [0.3, 0.4) is 0 Å². The highest BCUT2D eigenvalue weighted by Gasteiger charge is 2.39. The van der Waals surface area contributed by atoms with Gasteiger partial charge in [-0.05, 0) is 6.54 Å². The second kappa shape index (κ2) is 5.06. The number of alkyl halides is 3. The molecule has 0 spiro atoms. The Kier molecular flexibility index (Phi) is 4.76. The number of hydrogen-bond donors (Lipinski definition) is 2. The van der Waals surface area contributed by atoms with Crippen molar-refractivity contribution in [3.63, 3.8) is 0 Å². The summed E-state index contributed by atoms with van der Waals surface area (Å²) in [6.07, 6.45) is -4.95. The maximum absolute atomic E-state index is 12.2. The Bertz CT molecular complexity index is 170. The molecule has 0 aliphatic carbocycles. The number of carbonyl (C=O) groups is 1. The van der Waals surface area contributed by atoms with E-state index in [1.807, 2.05) is 0 Å². The molecule has 0 aromatic carbocycles. The molecule has 1 atom stereocenters. The van der Waals surface area contributed by atoms with Crippen LogP contribution in [0.15, 0.2) is 0 Å². The molecule has 6 heteroatoms. The van der Waals surface area contributed by atoms with E-state index in [1.165, 1.54) is 7.05 Å². The van der Waals surface area contributed by atoms with Gasteiger partial charge in [0.1, 0.15) is 6.04 Å². The zero-order chi connectivity index (χ0) is 10.5. The molecule has 0 radical (unpaired) electrons. The maximum Gasteiger partial charge on any atom is 0.404 e. The average molecular weight is 198 g/mol. The Morgan fingerprint density at radius 3 is 2.31 bits per heavy atom. The van der Waals surface area contributed by atoms with E-state index < -0.39 is 24.5 Å². The van der Waals surface area contributed by atoms with Crippen LogP contribution in [0.2, 0.25) is 0 Å². The molecule has 0 fully saturated rings. The second-order valence-electron chi connectivity index (χ2n) is 2.53. The van der Waals surface area contributed by atoms with Crippen LogP contribution < -0.4 is 10.6 Å². The summed E-state index contributed by atoms with van der Waals surface area (Å²) >= 11 is 0. The molecule has 0 heterocycles. The lowest BCUT2D eigenvalue weighted by Crippen LogP contribution is -2.45. The Balaban J connectivity index is 4.18. The first kappa shape index (κ1) is 12.2. The SMILES string of the molecule is CCNC(CC(=O)NC)C(F)(F)F. The van der Waals surface area contributed by atoms with Crippen molar-refractivity contribution >= 4 is 5.91 Å². The second-order valence-corrected chi connectivity index (χ2v) is 2.53. The highest BCUT2D eigenvalue weighted by molar-refractivity contribution is 5.76. The third-order valence-corrected chi connectivity index (χ3v) is 1.51. The predicted molar refractivity (Wildman–Crippen MR) is 42.2 cm³/mol. The largest absolute Gasteiger partial charge is 0.404 e. The molecule has 2 N–H and O–H groups in total. The van der Waals surface area contributed by atoms with Crippen molar-refractivity contribution in [2.75, 3.05) is 13.6 Å². The van der Waals surface area contributed by atoms with Gasteiger partial charge in [0.25, 0.3) is 0 Å². The number of amides is 1. The monoisotopic (exact) mass is 198 g/mol. The predicted octanol–water partition coefficient (Wildman–Crippen LogP) is 0.663. The van der Waals surface area contributed by atoms with Gasteiger partial charge >= 0.3 is 6.18 Å². The lowest BCUT2D eigenvalue weighted by molar-refractivity contribution is -0.161. The summed E-state index contributed by atoms with van der Waals surface area (Å²) in [7, 11) is 1.31. The van der Waals surface area contributed by atoms with Crippen LogP contribution in [0, 0.1) is 0 Å². The van der Waals surface area contributed by atoms with Crippen LogP contribution in [0.5, 0.6) is 0 Å². The quantitative estimate of drug-likeness (QED) is 0.696. The Morgan fingerprint density at radius 1 is 1.46 bits per heavy atom. The van der Waals surface area contributed by atoms with Gasteiger partial charge in [0.05, 0.1) is 6.42 Å². The van der Waals surface area contributed by atoms with Crippen molar-refractivity contribution in [2.45, 2.75) is 25.6 Å². The van der Waals surface area contributed by atoms with E-state index in [0.717, 1.165) is 0 Å². The normalized spacial score (nSPS) is 13.9. The Morgan fingerprint density at radius 2 is 2.00 bits per heavy atom. The highest BCUT2D eigenvalue weighted by atomic mass is 19.4. The molecule has 0 saturated heterocycles. The molecule has 0 aromatic rings. The van der Waals surface area contributed by atoms with Gasteiger partial charge in [0.2, 0.25) is 5.91 Å². The summed E-state index contributed by atoms with van der Waals surface area (Å²) in [5.74, 6) is -0.622. The van der Waals surface area contributed by atoms with Crippen LogP contribution in [0.4, 0.5) is 13.2 Å². The molecular formula is C7H13F3N2O. The number of halogens is 3. The van der Waals surface area contributed by atoms with Gasteiger partial charge in [-0.3, -0.25) is 4.79 Å². The van der Waals surface area contributed by atoms with Gasteiger partial charge in [-0.1, -0.05) is 6.92 Å². The Labute approximate surface area is 74.7 Å². The third-order valence-electron chi connectivity index (χ3n) is 1.51. The lowest BCUT2D eigenvalue weighted by atomic mass is 10.2. The molecule has 0 saturated carbocycles. The fourth-order valence-corrected chi connectivity index (χ4v) is 0.837. The van der Waals surface area contributed by atoms with Crippen molar-refractivity contribution in [1.29, 1.82) is 0 Å². The van der Waals surface area contributed by atoms with Crippen LogP contribution in [0.1, 0.15) is 13.3 Å². The zero-order valence-electron chi connectivity index (χ0n) is 7.53. The molecule has 1 amide bonds. The summed E-state index contributed by atoms with van der Waals surface area (Å²) in [5.41, 5.74) is 0. The van der Waals surface area contributed by atoms with Gasteiger partial charge in [0, 0.05) is 7.05 Å². The van der Waals surface area contributed by atoms with Gasteiger partial charge in [-0.15, -0.1) is 0 Å². The summed E-state index contributed by atoms with van der Waals surface area (Å²) in [5, 5.41) is 4.35. The van der Waals surface area contributed by atoms with Crippen molar-refractivity contribution < 1.29 is 18.0 Å². The zero-order valence-corrected chi connectivity index (χ0v) is 7.53. The van der Waals surface area contributed by atoms with E-state index in [9.17, 15) is 18.0 Å². The maximum atomic E-state index is 12.2. The van der Waals surface area contributed by atoms with Crippen molar-refractivity contribution in [3.05, 3.63) is 0 Å². The van der Waals surface area contributed by atoms with Crippen LogP contribution in [-0.2, 0) is 4.79 Å². The smallest absolute Gasteiger partial charge is 0.359 e. The molecule has 1 unspecified atom stereocenters. The minimum atomic E-state index is -4.37. The van der Waals surface area contributed by atoms with Crippen LogP contribution in [-0.4, -0.2) is 31.7 Å². The van der Waals surface area contributed by atoms with E-state index in [4.69, 9.17) is 0 Å². The van der Waals surface area contributed by atoms with Gasteiger partial charge in [0.15, 0.2) is 0 Å². The molecule has 0 aliphatic rings. The van der Waals surface area contributed by atoms with Crippen molar-refractivity contribution in [3.8, 4) is 0 Å². The number of nitrogens with one attached hydrogen (secondary N) is 2. The topological polar surface area (TPSA) is 41.1 Å². The molecule has 0 rings (SSSR count). The van der Waals surface area contributed by atoms with E-state index in [-0.39, 0.29) is 6.54 Å². The van der Waals surface area contributed by atoms with Crippen LogP contribution >= 0.6 is 0 Å². The summed E-state index contributed by atoms with van der Waals surface area (Å²) in [4.78, 5) is 10.7. The molecular weight excluding hydrogens is 185 g/mol. The standard InChI is InChI=1S/C7H13F3N2O/c1-3-12-5(7(8,9)10)4-6(13)11-2/h5,12H,3-4H2,1-2H3,(H,11,13). The number of carbonyl (C=O) groups excluding carboxylic acids is 1. The summed E-state index contributed by atoms with van der Waals surface area (Å²) in [6.45, 7) is 1.74.